The Morgan fingerprint density at radius 3 is 2.61 bits per heavy atom. The Morgan fingerprint density at radius 1 is 1.06 bits per heavy atom. The zero-order chi connectivity index (χ0) is 21.5. The number of fused-ring (bicyclic) bond motifs is 3. The molecule has 31 heavy (non-hydrogen) atoms. The molecule has 4 aromatic heterocycles. The van der Waals surface area contributed by atoms with Crippen molar-refractivity contribution in [2.45, 2.75) is 20.0 Å². The maximum atomic E-state index is 13.3. The first kappa shape index (κ1) is 18.9. The monoisotopic (exact) mass is 415 g/mol. The standard InChI is InChI=1S/C23H21N5O3/c1-16-14-28-19-20(24-22(28)27(16)15-18-11-7-13-31-18)25(2)23(30)26(21(19)29)12-6-10-17-8-4-3-5-9-17/h3-11,13-14H,12,15H2,1-2H3/b10-6+. The van der Waals surface area contributed by atoms with Crippen molar-refractivity contribution in [3.05, 3.63) is 98.9 Å². The van der Waals surface area contributed by atoms with Crippen molar-refractivity contribution >= 4 is 23.0 Å². The molecular formula is C23H21N5O3. The number of imidazole rings is 2. The van der Waals surface area contributed by atoms with Crippen LogP contribution in [0.25, 0.3) is 23.0 Å². The van der Waals surface area contributed by atoms with Crippen LogP contribution in [0.1, 0.15) is 17.0 Å². The Bertz CT molecular complexity index is 1530. The third-order valence-electron chi connectivity index (χ3n) is 5.43. The van der Waals surface area contributed by atoms with Gasteiger partial charge in [-0.3, -0.25) is 18.3 Å². The molecule has 8 nitrogen and oxygen atoms in total. The van der Waals surface area contributed by atoms with Gasteiger partial charge in [0.05, 0.1) is 12.8 Å². The maximum absolute atomic E-state index is 13.3. The van der Waals surface area contributed by atoms with Crippen LogP contribution in [0.5, 0.6) is 0 Å². The minimum Gasteiger partial charge on any atom is -0.467 e. The number of aryl methyl sites for hydroxylation is 2. The van der Waals surface area contributed by atoms with Gasteiger partial charge in [0.15, 0.2) is 11.2 Å². The van der Waals surface area contributed by atoms with Crippen LogP contribution < -0.4 is 11.2 Å². The maximum Gasteiger partial charge on any atom is 0.332 e. The smallest absolute Gasteiger partial charge is 0.332 e. The van der Waals surface area contributed by atoms with Gasteiger partial charge in [-0.1, -0.05) is 42.5 Å². The molecule has 0 saturated heterocycles. The normalized spacial score (nSPS) is 11.9. The Balaban J connectivity index is 1.63. The zero-order valence-electron chi connectivity index (χ0n) is 17.2. The predicted octanol–water partition coefficient (Wildman–Crippen LogP) is 2.81. The molecular weight excluding hydrogens is 394 g/mol. The number of allylic oxidation sites excluding steroid dienone is 1. The molecule has 0 fully saturated rings. The Labute approximate surface area is 176 Å². The average Bonchev–Trinajstić information content (AvgIpc) is 3.48. The Kier molecular flexibility index (Phi) is 4.47. The van der Waals surface area contributed by atoms with E-state index < -0.39 is 5.69 Å². The fraction of sp³-hybridized carbons (Fsp3) is 0.174. The van der Waals surface area contributed by atoms with Gasteiger partial charge in [0.2, 0.25) is 5.78 Å². The van der Waals surface area contributed by atoms with E-state index in [2.05, 4.69) is 4.98 Å². The Morgan fingerprint density at radius 2 is 1.87 bits per heavy atom. The van der Waals surface area contributed by atoms with E-state index in [1.165, 1.54) is 9.13 Å². The lowest BCUT2D eigenvalue weighted by Gasteiger charge is -2.06. The number of rotatable bonds is 5. The summed E-state index contributed by atoms with van der Waals surface area (Å²) in [5.74, 6) is 1.37. The summed E-state index contributed by atoms with van der Waals surface area (Å²) >= 11 is 0. The minimum absolute atomic E-state index is 0.176. The molecule has 0 saturated carbocycles. The van der Waals surface area contributed by atoms with Gasteiger partial charge >= 0.3 is 5.69 Å². The van der Waals surface area contributed by atoms with Crippen molar-refractivity contribution < 1.29 is 4.42 Å². The van der Waals surface area contributed by atoms with E-state index in [0.29, 0.717) is 23.5 Å². The molecule has 0 spiro atoms. The van der Waals surface area contributed by atoms with E-state index in [-0.39, 0.29) is 12.1 Å². The molecule has 4 heterocycles. The van der Waals surface area contributed by atoms with E-state index in [0.717, 1.165) is 17.0 Å². The van der Waals surface area contributed by atoms with Crippen molar-refractivity contribution in [3.8, 4) is 0 Å². The summed E-state index contributed by atoms with van der Waals surface area (Å²) in [5, 5.41) is 0. The molecule has 0 aliphatic heterocycles. The van der Waals surface area contributed by atoms with E-state index in [1.54, 1.807) is 17.7 Å². The summed E-state index contributed by atoms with van der Waals surface area (Å²) in [5.41, 5.74) is 1.92. The number of hydrogen-bond acceptors (Lipinski definition) is 4. The zero-order valence-corrected chi connectivity index (χ0v) is 17.2. The van der Waals surface area contributed by atoms with Gasteiger partial charge in [0.25, 0.3) is 5.56 Å². The second-order valence-corrected chi connectivity index (χ2v) is 7.46. The van der Waals surface area contributed by atoms with Crippen molar-refractivity contribution in [2.75, 3.05) is 0 Å². The first-order chi connectivity index (χ1) is 15.0. The highest BCUT2D eigenvalue weighted by atomic mass is 16.3. The van der Waals surface area contributed by atoms with E-state index in [4.69, 9.17) is 4.42 Å². The lowest BCUT2D eigenvalue weighted by molar-refractivity contribution is 0.494. The van der Waals surface area contributed by atoms with Gasteiger partial charge in [-0.05, 0) is 24.6 Å². The molecule has 1 aromatic carbocycles. The van der Waals surface area contributed by atoms with Gasteiger partial charge in [0, 0.05) is 25.5 Å². The number of hydrogen-bond donors (Lipinski definition) is 0. The largest absolute Gasteiger partial charge is 0.467 e. The molecule has 0 N–H and O–H groups in total. The second kappa shape index (κ2) is 7.32. The van der Waals surface area contributed by atoms with Crippen molar-refractivity contribution in [2.24, 2.45) is 7.05 Å². The topological polar surface area (TPSA) is 79.4 Å². The van der Waals surface area contributed by atoms with Crippen LogP contribution >= 0.6 is 0 Å². The van der Waals surface area contributed by atoms with Crippen molar-refractivity contribution in [1.29, 1.82) is 0 Å². The summed E-state index contributed by atoms with van der Waals surface area (Å²) in [6.45, 7) is 2.61. The molecule has 0 bridgehead atoms. The van der Waals surface area contributed by atoms with E-state index in [1.807, 2.05) is 72.3 Å². The van der Waals surface area contributed by atoms with Gasteiger partial charge < -0.3 is 8.98 Å². The third-order valence-corrected chi connectivity index (χ3v) is 5.43. The van der Waals surface area contributed by atoms with Gasteiger partial charge in [0.1, 0.15) is 5.76 Å². The summed E-state index contributed by atoms with van der Waals surface area (Å²) < 4.78 is 11.8. The van der Waals surface area contributed by atoms with Crippen LogP contribution in [0.15, 0.2) is 75.0 Å². The van der Waals surface area contributed by atoms with Gasteiger partial charge in [-0.15, -0.1) is 0 Å². The number of aromatic nitrogens is 5. The van der Waals surface area contributed by atoms with Crippen LogP contribution in [0.4, 0.5) is 0 Å². The van der Waals surface area contributed by atoms with E-state index >= 15 is 0 Å². The number of nitrogens with zero attached hydrogens (tertiary/aromatic N) is 5. The lowest BCUT2D eigenvalue weighted by atomic mass is 10.2. The minimum atomic E-state index is -0.398. The molecule has 5 aromatic rings. The molecule has 0 amide bonds. The van der Waals surface area contributed by atoms with Crippen LogP contribution in [0, 0.1) is 6.92 Å². The summed E-state index contributed by atoms with van der Waals surface area (Å²) in [7, 11) is 1.64. The highest BCUT2D eigenvalue weighted by molar-refractivity contribution is 5.75. The van der Waals surface area contributed by atoms with Crippen molar-refractivity contribution in [3.63, 3.8) is 0 Å². The summed E-state index contributed by atoms with van der Waals surface area (Å²) in [6, 6.07) is 13.5. The van der Waals surface area contributed by atoms with Crippen LogP contribution in [0.3, 0.4) is 0 Å². The summed E-state index contributed by atoms with van der Waals surface area (Å²) in [6.07, 6.45) is 7.20. The molecule has 0 aliphatic rings. The van der Waals surface area contributed by atoms with Gasteiger partial charge in [-0.2, -0.15) is 4.98 Å². The Hall–Kier alpha value is -4.07. The first-order valence-electron chi connectivity index (χ1n) is 9.96. The average molecular weight is 415 g/mol. The highest BCUT2D eigenvalue weighted by Crippen LogP contribution is 2.18. The van der Waals surface area contributed by atoms with Crippen LogP contribution in [-0.2, 0) is 20.1 Å². The third kappa shape index (κ3) is 3.13. The fourth-order valence-corrected chi connectivity index (χ4v) is 3.83. The fourth-order valence-electron chi connectivity index (χ4n) is 3.83. The molecule has 156 valence electrons. The second-order valence-electron chi connectivity index (χ2n) is 7.46. The van der Waals surface area contributed by atoms with Crippen LogP contribution in [-0.4, -0.2) is 23.1 Å². The molecule has 0 atom stereocenters. The summed E-state index contributed by atoms with van der Waals surface area (Å²) in [4.78, 5) is 30.8. The molecule has 0 radical (unpaired) electrons. The quantitative estimate of drug-likeness (QED) is 0.442. The lowest BCUT2D eigenvalue weighted by Crippen LogP contribution is -2.39. The highest BCUT2D eigenvalue weighted by Gasteiger charge is 2.20. The molecule has 5 rings (SSSR count). The van der Waals surface area contributed by atoms with Gasteiger partial charge in [-0.25, -0.2) is 4.79 Å². The first-order valence-corrected chi connectivity index (χ1v) is 9.96. The van der Waals surface area contributed by atoms with Crippen LogP contribution in [0.2, 0.25) is 0 Å². The predicted molar refractivity (Wildman–Crippen MR) is 118 cm³/mol. The van der Waals surface area contributed by atoms with Crippen molar-refractivity contribution in [1.82, 2.24) is 23.1 Å². The molecule has 8 heteroatoms. The SMILES string of the molecule is Cc1cn2c3c(=O)n(C/C=C/c4ccccc4)c(=O)n(C)c3nc2n1Cc1ccco1. The number of benzene rings is 1. The van der Waals surface area contributed by atoms with E-state index in [9.17, 15) is 9.59 Å². The number of furan rings is 1. The molecule has 0 aliphatic carbocycles. The molecule has 0 unspecified atom stereocenters.